The lowest BCUT2D eigenvalue weighted by atomic mass is 10.1. The third kappa shape index (κ3) is 3.30. The van der Waals surface area contributed by atoms with E-state index < -0.39 is 0 Å². The maximum absolute atomic E-state index is 5.47. The molecule has 1 aromatic rings. The molecule has 1 heterocycles. The fraction of sp³-hybridized carbons (Fsp3) is 0.600. The van der Waals surface area contributed by atoms with Gasteiger partial charge in [-0.1, -0.05) is 15.9 Å². The average molecular weight is 325 g/mol. The van der Waals surface area contributed by atoms with E-state index in [0.717, 1.165) is 35.8 Å². The van der Waals surface area contributed by atoms with Crippen molar-refractivity contribution in [2.75, 3.05) is 26.7 Å². The Labute approximate surface area is 123 Å². The highest BCUT2D eigenvalue weighted by molar-refractivity contribution is 9.10. The first-order valence-corrected chi connectivity index (χ1v) is 7.83. The van der Waals surface area contributed by atoms with E-state index in [9.17, 15) is 0 Å². The molecular formula is C15H21BrN2O. The molecule has 0 spiro atoms. The predicted molar refractivity (Wildman–Crippen MR) is 80.5 cm³/mol. The number of halogens is 1. The molecular weight excluding hydrogens is 304 g/mol. The summed E-state index contributed by atoms with van der Waals surface area (Å²) >= 11 is 3.55. The number of nitrogens with zero attached hydrogens (tertiary/aromatic N) is 1. The number of ether oxygens (including phenoxy) is 1. The molecule has 2 fully saturated rings. The molecule has 1 aliphatic heterocycles. The van der Waals surface area contributed by atoms with Crippen LogP contribution in [0.25, 0.3) is 0 Å². The highest BCUT2D eigenvalue weighted by atomic mass is 79.9. The molecule has 1 saturated carbocycles. The molecule has 0 amide bonds. The first-order valence-electron chi connectivity index (χ1n) is 7.04. The molecule has 1 aromatic carbocycles. The molecule has 1 atom stereocenters. The van der Waals surface area contributed by atoms with Crippen LogP contribution in [0.15, 0.2) is 22.7 Å². The van der Waals surface area contributed by atoms with E-state index in [1.165, 1.54) is 24.9 Å². The zero-order valence-electron chi connectivity index (χ0n) is 11.4. The highest BCUT2D eigenvalue weighted by Crippen LogP contribution is 2.34. The van der Waals surface area contributed by atoms with Crippen molar-refractivity contribution in [3.63, 3.8) is 0 Å². The second-order valence-corrected chi connectivity index (χ2v) is 6.51. The first-order chi connectivity index (χ1) is 9.26. The topological polar surface area (TPSA) is 24.5 Å². The van der Waals surface area contributed by atoms with E-state index >= 15 is 0 Å². The summed E-state index contributed by atoms with van der Waals surface area (Å²) in [6.45, 7) is 4.38. The molecule has 0 aromatic heterocycles. The standard InChI is InChI=1S/C15H21BrN2O/c1-19-15-5-4-13(16)8-12(15)9-18-7-6-17-14(10-18)11-2-3-11/h4-5,8,11,14,17H,2-3,6-7,9-10H2,1H3. The summed E-state index contributed by atoms with van der Waals surface area (Å²) in [5, 5.41) is 3.65. The van der Waals surface area contributed by atoms with Gasteiger partial charge in [0.05, 0.1) is 7.11 Å². The third-order valence-electron chi connectivity index (χ3n) is 4.12. The zero-order chi connectivity index (χ0) is 13.2. The van der Waals surface area contributed by atoms with E-state index in [4.69, 9.17) is 4.74 Å². The largest absolute Gasteiger partial charge is 0.496 e. The molecule has 0 bridgehead atoms. The van der Waals surface area contributed by atoms with Gasteiger partial charge in [-0.15, -0.1) is 0 Å². The van der Waals surface area contributed by atoms with Gasteiger partial charge >= 0.3 is 0 Å². The monoisotopic (exact) mass is 324 g/mol. The Balaban J connectivity index is 1.68. The van der Waals surface area contributed by atoms with Crippen LogP contribution in [0.2, 0.25) is 0 Å². The number of piperazine rings is 1. The van der Waals surface area contributed by atoms with Crippen molar-refractivity contribution >= 4 is 15.9 Å². The molecule has 2 aliphatic rings. The fourth-order valence-electron chi connectivity index (χ4n) is 2.91. The Morgan fingerprint density at radius 2 is 2.26 bits per heavy atom. The quantitative estimate of drug-likeness (QED) is 0.921. The normalized spacial score (nSPS) is 24.4. The molecule has 0 radical (unpaired) electrons. The predicted octanol–water partition coefficient (Wildman–Crippen LogP) is 2.64. The van der Waals surface area contributed by atoms with E-state index in [1.807, 2.05) is 12.1 Å². The van der Waals surface area contributed by atoms with Crippen LogP contribution in [0.4, 0.5) is 0 Å². The SMILES string of the molecule is COc1ccc(Br)cc1CN1CCNC(C2CC2)C1. The van der Waals surface area contributed by atoms with Gasteiger partial charge in [0.1, 0.15) is 5.75 Å². The molecule has 3 nitrogen and oxygen atoms in total. The third-order valence-corrected chi connectivity index (χ3v) is 4.61. The van der Waals surface area contributed by atoms with Crippen LogP contribution in [-0.2, 0) is 6.54 Å². The average Bonchev–Trinajstić information content (AvgIpc) is 3.24. The number of rotatable bonds is 4. The summed E-state index contributed by atoms with van der Waals surface area (Å²) in [4.78, 5) is 2.55. The number of hydrogen-bond acceptors (Lipinski definition) is 3. The van der Waals surface area contributed by atoms with Crippen LogP contribution in [-0.4, -0.2) is 37.7 Å². The van der Waals surface area contributed by atoms with Gasteiger partial charge in [0.25, 0.3) is 0 Å². The van der Waals surface area contributed by atoms with Crippen molar-refractivity contribution in [2.45, 2.75) is 25.4 Å². The van der Waals surface area contributed by atoms with Crippen LogP contribution < -0.4 is 10.1 Å². The van der Waals surface area contributed by atoms with Gasteiger partial charge in [-0.2, -0.15) is 0 Å². The Hall–Kier alpha value is -0.580. The fourth-order valence-corrected chi connectivity index (χ4v) is 3.32. The summed E-state index contributed by atoms with van der Waals surface area (Å²) in [5.41, 5.74) is 1.27. The van der Waals surface area contributed by atoms with Crippen LogP contribution >= 0.6 is 15.9 Å². The molecule has 1 N–H and O–H groups in total. The van der Waals surface area contributed by atoms with Gasteiger partial charge in [-0.25, -0.2) is 0 Å². The number of hydrogen-bond donors (Lipinski definition) is 1. The van der Waals surface area contributed by atoms with Crippen LogP contribution in [0.1, 0.15) is 18.4 Å². The van der Waals surface area contributed by atoms with Gasteiger partial charge < -0.3 is 10.1 Å². The van der Waals surface area contributed by atoms with Crippen molar-refractivity contribution in [3.05, 3.63) is 28.2 Å². The van der Waals surface area contributed by atoms with Crippen molar-refractivity contribution in [1.82, 2.24) is 10.2 Å². The Bertz CT molecular complexity index is 448. The summed E-state index contributed by atoms with van der Waals surface area (Å²) < 4.78 is 6.59. The zero-order valence-corrected chi connectivity index (χ0v) is 12.9. The summed E-state index contributed by atoms with van der Waals surface area (Å²) in [6, 6.07) is 6.95. The van der Waals surface area contributed by atoms with E-state index in [0.29, 0.717) is 6.04 Å². The highest BCUT2D eigenvalue weighted by Gasteiger charge is 2.33. The Morgan fingerprint density at radius 3 is 3.00 bits per heavy atom. The second-order valence-electron chi connectivity index (χ2n) is 5.59. The van der Waals surface area contributed by atoms with Crippen LogP contribution in [0.3, 0.4) is 0 Å². The van der Waals surface area contributed by atoms with Gasteiger partial charge in [-0.3, -0.25) is 4.90 Å². The van der Waals surface area contributed by atoms with Gasteiger partial charge in [0.15, 0.2) is 0 Å². The smallest absolute Gasteiger partial charge is 0.123 e. The summed E-state index contributed by atoms with van der Waals surface area (Å²) in [5.74, 6) is 1.91. The van der Waals surface area contributed by atoms with Crippen molar-refractivity contribution < 1.29 is 4.74 Å². The van der Waals surface area contributed by atoms with Gasteiger partial charge in [0.2, 0.25) is 0 Å². The lowest BCUT2D eigenvalue weighted by molar-refractivity contribution is 0.180. The van der Waals surface area contributed by atoms with Crippen molar-refractivity contribution in [1.29, 1.82) is 0 Å². The molecule has 1 aliphatic carbocycles. The second kappa shape index (κ2) is 5.81. The van der Waals surface area contributed by atoms with Gasteiger partial charge in [0, 0.05) is 42.3 Å². The lowest BCUT2D eigenvalue weighted by Crippen LogP contribution is -2.51. The summed E-state index contributed by atoms with van der Waals surface area (Å²) in [6.07, 6.45) is 2.82. The van der Waals surface area contributed by atoms with Gasteiger partial charge in [-0.05, 0) is 37.0 Å². The number of benzene rings is 1. The molecule has 1 unspecified atom stereocenters. The minimum absolute atomic E-state index is 0.701. The molecule has 4 heteroatoms. The van der Waals surface area contributed by atoms with Crippen molar-refractivity contribution in [3.8, 4) is 5.75 Å². The first kappa shape index (κ1) is 13.4. The van der Waals surface area contributed by atoms with Crippen molar-refractivity contribution in [2.24, 2.45) is 5.92 Å². The minimum Gasteiger partial charge on any atom is -0.496 e. The minimum atomic E-state index is 0.701. The maximum Gasteiger partial charge on any atom is 0.123 e. The summed E-state index contributed by atoms with van der Waals surface area (Å²) in [7, 11) is 1.75. The Kier molecular flexibility index (Phi) is 4.10. The Morgan fingerprint density at radius 1 is 1.42 bits per heavy atom. The molecule has 3 rings (SSSR count). The van der Waals surface area contributed by atoms with E-state index in [-0.39, 0.29) is 0 Å². The van der Waals surface area contributed by atoms with Crippen LogP contribution in [0.5, 0.6) is 5.75 Å². The van der Waals surface area contributed by atoms with E-state index in [1.54, 1.807) is 7.11 Å². The maximum atomic E-state index is 5.47. The lowest BCUT2D eigenvalue weighted by Gasteiger charge is -2.34. The molecule has 19 heavy (non-hydrogen) atoms. The molecule has 104 valence electrons. The molecule has 1 saturated heterocycles. The van der Waals surface area contributed by atoms with E-state index in [2.05, 4.69) is 32.2 Å². The van der Waals surface area contributed by atoms with Crippen LogP contribution in [0, 0.1) is 5.92 Å². The number of nitrogens with one attached hydrogen (secondary N) is 1. The number of methoxy groups -OCH3 is 1.